The van der Waals surface area contributed by atoms with Crippen molar-refractivity contribution in [3.63, 3.8) is 0 Å². The van der Waals surface area contributed by atoms with Crippen LogP contribution in [0.4, 0.5) is 0 Å². The van der Waals surface area contributed by atoms with Gasteiger partial charge in [-0.15, -0.1) is 0 Å². The average Bonchev–Trinajstić information content (AvgIpc) is 2.73. The van der Waals surface area contributed by atoms with Gasteiger partial charge in [-0.05, 0) is 25.1 Å². The Bertz CT molecular complexity index is 781. The molecule has 3 rings (SSSR count). The summed E-state index contributed by atoms with van der Waals surface area (Å²) >= 11 is 11.3. The smallest absolute Gasteiger partial charge is 0.184 e. The molecule has 1 aliphatic heterocycles. The quantitative estimate of drug-likeness (QED) is 0.404. The van der Waals surface area contributed by atoms with Gasteiger partial charge in [0, 0.05) is 28.6 Å². The molecule has 2 N–H and O–H groups in total. The lowest BCUT2D eigenvalue weighted by Crippen LogP contribution is -2.45. The number of thioether (sulfide) groups is 1. The van der Waals surface area contributed by atoms with Crippen molar-refractivity contribution in [3.05, 3.63) is 63.6 Å². The van der Waals surface area contributed by atoms with E-state index < -0.39 is 6.29 Å². The Balaban J connectivity index is 1.70. The molecular weight excluding hydrogens is 478 g/mol. The van der Waals surface area contributed by atoms with E-state index in [4.69, 9.17) is 36.3 Å². The number of benzene rings is 2. The van der Waals surface area contributed by atoms with Crippen LogP contribution in [0.2, 0.25) is 5.02 Å². The highest BCUT2D eigenvalue weighted by Gasteiger charge is 2.35. The predicted molar refractivity (Wildman–Crippen MR) is 119 cm³/mol. The van der Waals surface area contributed by atoms with Crippen LogP contribution in [0.15, 0.2) is 57.9 Å². The number of nitrogens with two attached hydrogens (primary N) is 1. The molecule has 1 fully saturated rings. The van der Waals surface area contributed by atoms with Crippen molar-refractivity contribution < 1.29 is 18.9 Å². The Hall–Kier alpha value is -0.640. The molecule has 1 saturated heterocycles. The van der Waals surface area contributed by atoms with Gasteiger partial charge < -0.3 is 24.7 Å². The Kier molecular flexibility index (Phi) is 8.83. The lowest BCUT2D eigenvalue weighted by molar-refractivity contribution is -0.266. The van der Waals surface area contributed by atoms with Gasteiger partial charge >= 0.3 is 0 Å². The highest BCUT2D eigenvalue weighted by Crippen LogP contribution is 2.37. The minimum absolute atomic E-state index is 0.162. The summed E-state index contributed by atoms with van der Waals surface area (Å²) in [5, 5.41) is 0.645. The first kappa shape index (κ1) is 23.0. The van der Waals surface area contributed by atoms with Gasteiger partial charge in [-0.25, -0.2) is 0 Å². The van der Waals surface area contributed by atoms with Crippen molar-refractivity contribution in [1.29, 1.82) is 0 Å². The summed E-state index contributed by atoms with van der Waals surface area (Å²) < 4.78 is 24.9. The fourth-order valence-corrected chi connectivity index (χ4v) is 4.91. The summed E-state index contributed by atoms with van der Waals surface area (Å²) in [4.78, 5) is 0.883. The third-order valence-corrected chi connectivity index (χ3v) is 6.80. The maximum Gasteiger partial charge on any atom is 0.184 e. The molecule has 3 unspecified atom stereocenters. The maximum absolute atomic E-state index is 6.37. The van der Waals surface area contributed by atoms with E-state index in [1.54, 1.807) is 7.11 Å². The van der Waals surface area contributed by atoms with Gasteiger partial charge in [0.25, 0.3) is 0 Å². The van der Waals surface area contributed by atoms with Crippen LogP contribution in [0, 0.1) is 0 Å². The fraction of sp³-hybridized carbons (Fsp3) is 0.429. The zero-order valence-electron chi connectivity index (χ0n) is 16.3. The molecule has 158 valence electrons. The van der Waals surface area contributed by atoms with Crippen LogP contribution >= 0.6 is 39.3 Å². The van der Waals surface area contributed by atoms with E-state index in [0.29, 0.717) is 18.2 Å². The molecule has 0 aromatic heterocycles. The van der Waals surface area contributed by atoms with Crippen LogP contribution in [0.1, 0.15) is 18.8 Å². The third-order valence-electron chi connectivity index (χ3n) is 4.63. The first-order valence-corrected chi connectivity index (χ1v) is 11.4. The largest absolute Gasteiger partial charge is 0.376 e. The van der Waals surface area contributed by atoms with Crippen LogP contribution in [0.3, 0.4) is 0 Å². The summed E-state index contributed by atoms with van der Waals surface area (Å²) in [6, 6.07) is 15.6. The fourth-order valence-electron chi connectivity index (χ4n) is 2.95. The van der Waals surface area contributed by atoms with Gasteiger partial charge in [0.1, 0.15) is 17.6 Å². The van der Waals surface area contributed by atoms with Gasteiger partial charge in [0.05, 0.1) is 17.7 Å². The van der Waals surface area contributed by atoms with Crippen LogP contribution < -0.4 is 5.73 Å². The molecule has 2 aromatic rings. The van der Waals surface area contributed by atoms with Crippen molar-refractivity contribution in [2.45, 2.75) is 41.9 Å². The van der Waals surface area contributed by atoms with Gasteiger partial charge in [-0.1, -0.05) is 69.6 Å². The zero-order valence-corrected chi connectivity index (χ0v) is 19.5. The van der Waals surface area contributed by atoms with Crippen molar-refractivity contribution in [2.24, 2.45) is 5.73 Å². The van der Waals surface area contributed by atoms with Crippen LogP contribution in [-0.4, -0.2) is 44.0 Å². The molecule has 8 heteroatoms. The molecule has 0 bridgehead atoms. The Morgan fingerprint density at radius 3 is 2.69 bits per heavy atom. The number of halogens is 2. The van der Waals surface area contributed by atoms with E-state index in [0.717, 1.165) is 14.9 Å². The molecule has 0 radical (unpaired) electrons. The highest BCUT2D eigenvalue weighted by atomic mass is 79.9. The molecule has 0 aliphatic carbocycles. The number of methoxy groups -OCH3 is 1. The average molecular weight is 503 g/mol. The minimum Gasteiger partial charge on any atom is -0.376 e. The number of hydrogen-bond donors (Lipinski definition) is 1. The second kappa shape index (κ2) is 11.1. The van der Waals surface area contributed by atoms with E-state index in [-0.39, 0.29) is 23.7 Å². The first-order chi connectivity index (χ1) is 14.0. The van der Waals surface area contributed by atoms with E-state index in [1.165, 1.54) is 11.8 Å². The number of hydrogen-bond acceptors (Lipinski definition) is 6. The Morgan fingerprint density at radius 1 is 1.28 bits per heavy atom. The Morgan fingerprint density at radius 2 is 2.03 bits per heavy atom. The van der Waals surface area contributed by atoms with E-state index in [9.17, 15) is 0 Å². The molecule has 0 amide bonds. The van der Waals surface area contributed by atoms with E-state index in [2.05, 4.69) is 15.9 Å². The lowest BCUT2D eigenvalue weighted by atomic mass is 10.1. The molecule has 5 nitrogen and oxygen atoms in total. The SMILES string of the molecule is CO[C@@H](CN)C(OC1COC(c2ccccc2)O[C@@H]1C)Sc1cc(Br)ccc1Cl. The molecule has 1 aliphatic rings. The topological polar surface area (TPSA) is 62.9 Å². The first-order valence-electron chi connectivity index (χ1n) is 9.34. The van der Waals surface area contributed by atoms with Crippen LogP contribution in [0.5, 0.6) is 0 Å². The van der Waals surface area contributed by atoms with Crippen molar-refractivity contribution in [1.82, 2.24) is 0 Å². The second-order valence-electron chi connectivity index (χ2n) is 6.66. The Labute approximate surface area is 189 Å². The normalized spacial score (nSPS) is 24.2. The zero-order chi connectivity index (χ0) is 20.8. The second-order valence-corrected chi connectivity index (χ2v) is 9.13. The van der Waals surface area contributed by atoms with Crippen LogP contribution in [0.25, 0.3) is 0 Å². The summed E-state index contributed by atoms with van der Waals surface area (Å²) in [5.74, 6) is 0. The number of ether oxygens (including phenoxy) is 4. The van der Waals surface area contributed by atoms with E-state index >= 15 is 0 Å². The minimum atomic E-state index is -0.399. The molecule has 2 aromatic carbocycles. The predicted octanol–water partition coefficient (Wildman–Crippen LogP) is 5.01. The van der Waals surface area contributed by atoms with Gasteiger partial charge in [0.15, 0.2) is 6.29 Å². The van der Waals surface area contributed by atoms with Crippen LogP contribution in [-0.2, 0) is 18.9 Å². The molecule has 0 spiro atoms. The molecule has 1 heterocycles. The van der Waals surface area contributed by atoms with Gasteiger partial charge in [0.2, 0.25) is 0 Å². The maximum atomic E-state index is 6.37. The van der Waals surface area contributed by atoms with E-state index in [1.807, 2.05) is 55.5 Å². The van der Waals surface area contributed by atoms with Crippen molar-refractivity contribution in [3.8, 4) is 0 Å². The summed E-state index contributed by atoms with van der Waals surface area (Å²) in [7, 11) is 1.62. The third kappa shape index (κ3) is 6.18. The molecule has 5 atom stereocenters. The number of rotatable bonds is 8. The summed E-state index contributed by atoms with van der Waals surface area (Å²) in [6.07, 6.45) is -1.13. The standard InChI is InChI=1S/C21H25BrClNO4S/c1-13-18(12-26-20(27-13)14-6-4-3-5-7-14)28-21(17(11-24)25-2)29-19-10-15(22)8-9-16(19)23/h3-10,13,17-18,20-21H,11-12,24H2,1-2H3/t13-,17+,18?,20?,21?/m1/s1. The molecule has 29 heavy (non-hydrogen) atoms. The van der Waals surface area contributed by atoms with Crippen molar-refractivity contribution >= 4 is 39.3 Å². The van der Waals surface area contributed by atoms with Crippen molar-refractivity contribution in [2.75, 3.05) is 20.3 Å². The van der Waals surface area contributed by atoms with Gasteiger partial charge in [-0.3, -0.25) is 0 Å². The highest BCUT2D eigenvalue weighted by molar-refractivity contribution is 9.10. The summed E-state index contributed by atoms with van der Waals surface area (Å²) in [5.41, 5.74) is 6.54. The lowest BCUT2D eigenvalue weighted by Gasteiger charge is -2.37. The summed E-state index contributed by atoms with van der Waals surface area (Å²) in [6.45, 7) is 2.71. The molecular formula is C21H25BrClNO4S. The van der Waals surface area contributed by atoms with Gasteiger partial charge in [-0.2, -0.15) is 0 Å². The monoisotopic (exact) mass is 501 g/mol. The molecule has 0 saturated carbocycles.